The van der Waals surface area contributed by atoms with Crippen LogP contribution in [0.3, 0.4) is 0 Å². The standard InChI is InChI=1S/C28H28O4/c1-18-19(2)27-23(20(3)26(18)30)13-15-28(4,32-27)14-12-21-10-11-25(24(29)16-21)31-17-22-8-6-5-7-9-22/h5-11,16,29-30H,13,15,17H2,1-4H3. The molecule has 4 nitrogen and oxygen atoms in total. The van der Waals surface area contributed by atoms with Crippen LogP contribution >= 0.6 is 0 Å². The van der Waals surface area contributed by atoms with Crippen molar-refractivity contribution in [3.8, 4) is 34.8 Å². The maximum absolute atomic E-state index is 10.4. The minimum absolute atomic E-state index is 0.0605. The van der Waals surface area contributed by atoms with E-state index < -0.39 is 5.60 Å². The molecule has 0 saturated carbocycles. The Bertz CT molecular complexity index is 1220. The van der Waals surface area contributed by atoms with Gasteiger partial charge in [-0.1, -0.05) is 42.2 Å². The molecule has 2 N–H and O–H groups in total. The summed E-state index contributed by atoms with van der Waals surface area (Å²) in [6, 6.07) is 15.0. The number of benzene rings is 3. The van der Waals surface area contributed by atoms with Crippen LogP contribution in [-0.4, -0.2) is 15.8 Å². The van der Waals surface area contributed by atoms with Gasteiger partial charge in [0.2, 0.25) is 0 Å². The van der Waals surface area contributed by atoms with Gasteiger partial charge in [0, 0.05) is 17.5 Å². The van der Waals surface area contributed by atoms with Crippen molar-refractivity contribution in [2.45, 2.75) is 52.7 Å². The monoisotopic (exact) mass is 428 g/mol. The van der Waals surface area contributed by atoms with Crippen molar-refractivity contribution in [1.29, 1.82) is 0 Å². The Morgan fingerprint density at radius 1 is 1.00 bits per heavy atom. The second-order valence-electron chi connectivity index (χ2n) is 8.57. The van der Waals surface area contributed by atoms with Gasteiger partial charge in [0.15, 0.2) is 17.1 Å². The molecular formula is C28H28O4. The number of hydrogen-bond acceptors (Lipinski definition) is 4. The molecule has 4 rings (SSSR count). The first-order chi connectivity index (χ1) is 15.3. The van der Waals surface area contributed by atoms with E-state index in [1.54, 1.807) is 12.1 Å². The van der Waals surface area contributed by atoms with Gasteiger partial charge in [0.25, 0.3) is 0 Å². The molecule has 1 aliphatic heterocycles. The minimum atomic E-state index is -0.647. The van der Waals surface area contributed by atoms with Crippen LogP contribution in [-0.2, 0) is 13.0 Å². The van der Waals surface area contributed by atoms with Crippen molar-refractivity contribution in [2.24, 2.45) is 0 Å². The van der Waals surface area contributed by atoms with Crippen LogP contribution in [0, 0.1) is 32.6 Å². The first kappa shape index (κ1) is 21.6. The van der Waals surface area contributed by atoms with Crippen molar-refractivity contribution in [1.82, 2.24) is 0 Å². The van der Waals surface area contributed by atoms with E-state index in [2.05, 4.69) is 11.8 Å². The molecule has 4 heteroatoms. The van der Waals surface area contributed by atoms with E-state index in [1.807, 2.05) is 64.1 Å². The molecule has 0 bridgehead atoms. The first-order valence-corrected chi connectivity index (χ1v) is 10.8. The van der Waals surface area contributed by atoms with Gasteiger partial charge in [0.1, 0.15) is 18.1 Å². The fourth-order valence-corrected chi connectivity index (χ4v) is 3.99. The summed E-state index contributed by atoms with van der Waals surface area (Å²) in [6.07, 6.45) is 1.51. The molecule has 0 amide bonds. The summed E-state index contributed by atoms with van der Waals surface area (Å²) in [4.78, 5) is 0. The van der Waals surface area contributed by atoms with Gasteiger partial charge in [-0.2, -0.15) is 0 Å². The third kappa shape index (κ3) is 4.24. The van der Waals surface area contributed by atoms with Crippen molar-refractivity contribution < 1.29 is 19.7 Å². The molecule has 3 aromatic rings. The van der Waals surface area contributed by atoms with Crippen LogP contribution in [0.25, 0.3) is 0 Å². The summed E-state index contributed by atoms with van der Waals surface area (Å²) in [7, 11) is 0. The number of ether oxygens (including phenoxy) is 2. The molecular weight excluding hydrogens is 400 g/mol. The van der Waals surface area contributed by atoms with Gasteiger partial charge in [-0.15, -0.1) is 0 Å². The Morgan fingerprint density at radius 3 is 2.47 bits per heavy atom. The molecule has 32 heavy (non-hydrogen) atoms. The molecule has 0 spiro atoms. The normalized spacial score (nSPS) is 17.0. The third-order valence-electron chi connectivity index (χ3n) is 6.19. The molecule has 164 valence electrons. The van der Waals surface area contributed by atoms with E-state index in [0.717, 1.165) is 46.4 Å². The summed E-state index contributed by atoms with van der Waals surface area (Å²) >= 11 is 0. The molecule has 0 saturated heterocycles. The van der Waals surface area contributed by atoms with Crippen LogP contribution in [0.1, 0.15) is 46.7 Å². The largest absolute Gasteiger partial charge is 0.507 e. The molecule has 0 aromatic heterocycles. The Morgan fingerprint density at radius 2 is 1.75 bits per heavy atom. The third-order valence-corrected chi connectivity index (χ3v) is 6.19. The molecule has 0 fully saturated rings. The maximum atomic E-state index is 10.4. The van der Waals surface area contributed by atoms with Crippen molar-refractivity contribution in [2.75, 3.05) is 0 Å². The van der Waals surface area contributed by atoms with Gasteiger partial charge in [-0.05, 0) is 74.6 Å². The van der Waals surface area contributed by atoms with E-state index in [9.17, 15) is 10.2 Å². The highest BCUT2D eigenvalue weighted by Gasteiger charge is 2.33. The zero-order valence-corrected chi connectivity index (χ0v) is 19.0. The minimum Gasteiger partial charge on any atom is -0.507 e. The molecule has 1 atom stereocenters. The van der Waals surface area contributed by atoms with E-state index in [1.165, 1.54) is 0 Å². The molecule has 0 radical (unpaired) electrons. The lowest BCUT2D eigenvalue weighted by molar-refractivity contribution is 0.122. The van der Waals surface area contributed by atoms with Gasteiger partial charge in [0.05, 0.1) is 0 Å². The topological polar surface area (TPSA) is 58.9 Å². The average molecular weight is 429 g/mol. The summed E-state index contributed by atoms with van der Waals surface area (Å²) in [5, 5.41) is 20.7. The molecule has 1 heterocycles. The van der Waals surface area contributed by atoms with Gasteiger partial charge in [-0.3, -0.25) is 0 Å². The number of fused-ring (bicyclic) bond motifs is 1. The Balaban J connectivity index is 1.52. The average Bonchev–Trinajstić information content (AvgIpc) is 2.80. The Hall–Kier alpha value is -3.58. The van der Waals surface area contributed by atoms with Crippen LogP contribution in [0.15, 0.2) is 48.5 Å². The van der Waals surface area contributed by atoms with Crippen LogP contribution in [0.2, 0.25) is 0 Å². The van der Waals surface area contributed by atoms with Crippen molar-refractivity contribution in [3.05, 3.63) is 81.9 Å². The van der Waals surface area contributed by atoms with Gasteiger partial charge < -0.3 is 19.7 Å². The van der Waals surface area contributed by atoms with Crippen molar-refractivity contribution >= 4 is 0 Å². The van der Waals surface area contributed by atoms with Crippen LogP contribution in [0.4, 0.5) is 0 Å². The zero-order chi connectivity index (χ0) is 22.9. The lowest BCUT2D eigenvalue weighted by Gasteiger charge is -2.34. The lowest BCUT2D eigenvalue weighted by Crippen LogP contribution is -2.35. The number of phenols is 2. The smallest absolute Gasteiger partial charge is 0.167 e. The second-order valence-corrected chi connectivity index (χ2v) is 8.57. The number of phenolic OH excluding ortho intramolecular Hbond substituents is 2. The summed E-state index contributed by atoms with van der Waals surface area (Å²) in [6.45, 7) is 8.18. The molecule has 1 unspecified atom stereocenters. The van der Waals surface area contributed by atoms with E-state index in [4.69, 9.17) is 9.47 Å². The molecule has 0 aliphatic carbocycles. The number of rotatable bonds is 3. The first-order valence-electron chi connectivity index (χ1n) is 10.8. The Kier molecular flexibility index (Phi) is 5.76. The van der Waals surface area contributed by atoms with Gasteiger partial charge >= 0.3 is 0 Å². The summed E-state index contributed by atoms with van der Waals surface area (Å²) in [5.74, 6) is 8.07. The van der Waals surface area contributed by atoms with E-state index in [-0.39, 0.29) is 5.75 Å². The highest BCUT2D eigenvalue weighted by atomic mass is 16.5. The van der Waals surface area contributed by atoms with E-state index in [0.29, 0.717) is 23.7 Å². The number of hydrogen-bond donors (Lipinski definition) is 2. The number of aromatic hydroxyl groups is 2. The van der Waals surface area contributed by atoms with Crippen LogP contribution in [0.5, 0.6) is 23.0 Å². The van der Waals surface area contributed by atoms with Gasteiger partial charge in [-0.25, -0.2) is 0 Å². The zero-order valence-electron chi connectivity index (χ0n) is 19.0. The molecule has 1 aliphatic rings. The summed E-state index contributed by atoms with van der Waals surface area (Å²) in [5.41, 5.74) is 4.82. The predicted molar refractivity (Wildman–Crippen MR) is 125 cm³/mol. The lowest BCUT2D eigenvalue weighted by atomic mass is 9.87. The summed E-state index contributed by atoms with van der Waals surface area (Å²) < 4.78 is 12.1. The maximum Gasteiger partial charge on any atom is 0.167 e. The van der Waals surface area contributed by atoms with Crippen molar-refractivity contribution in [3.63, 3.8) is 0 Å². The van der Waals surface area contributed by atoms with Crippen LogP contribution < -0.4 is 9.47 Å². The second kappa shape index (κ2) is 8.51. The Labute approximate surface area is 189 Å². The molecule has 3 aromatic carbocycles. The highest BCUT2D eigenvalue weighted by Crippen LogP contribution is 2.43. The fourth-order valence-electron chi connectivity index (χ4n) is 3.99. The fraction of sp³-hybridized carbons (Fsp3) is 0.286. The predicted octanol–water partition coefficient (Wildman–Crippen LogP) is 5.74. The quantitative estimate of drug-likeness (QED) is 0.523. The van der Waals surface area contributed by atoms with E-state index >= 15 is 0 Å². The SMILES string of the molecule is Cc1c(C)c2c(c(C)c1O)CCC(C)(C#Cc1ccc(OCc3ccccc3)c(O)c1)O2. The highest BCUT2D eigenvalue weighted by molar-refractivity contribution is 5.59.